The lowest BCUT2D eigenvalue weighted by Gasteiger charge is -2.46. The SMILES string of the molecule is CO[C@H]1/C=C/CCC[S@@](=O)(NC(=O)CCc2ncsc2C)=NC(=O)c2ccc3c(c2)N(C[C@@H]2CC[C@H]21)C[C@@]1(CCCc2cc(Cl)ccc21)CO3. The van der Waals surface area contributed by atoms with E-state index in [1.54, 1.807) is 18.7 Å². The molecule has 3 aromatic rings. The Morgan fingerprint density at radius 2 is 2.10 bits per heavy atom. The number of aromatic nitrogens is 1. The van der Waals surface area contributed by atoms with E-state index < -0.39 is 21.7 Å². The molecule has 1 spiro atoms. The van der Waals surface area contributed by atoms with E-state index in [4.69, 9.17) is 21.1 Å². The molecule has 2 aromatic carbocycles. The minimum atomic E-state index is -3.41. The average molecular weight is 737 g/mol. The number of benzene rings is 2. The number of nitrogens with zero attached hydrogens (tertiary/aromatic N) is 3. The van der Waals surface area contributed by atoms with E-state index in [1.165, 1.54) is 22.5 Å². The van der Waals surface area contributed by atoms with Gasteiger partial charge in [-0.2, -0.15) is 0 Å². The van der Waals surface area contributed by atoms with Gasteiger partial charge in [-0.3, -0.25) is 14.3 Å². The highest BCUT2D eigenvalue weighted by molar-refractivity contribution is 7.92. The summed E-state index contributed by atoms with van der Waals surface area (Å²) in [5, 5.41) is 0.744. The van der Waals surface area contributed by atoms with Crippen molar-refractivity contribution in [3.05, 3.63) is 86.3 Å². The summed E-state index contributed by atoms with van der Waals surface area (Å²) in [4.78, 5) is 34.7. The van der Waals surface area contributed by atoms with Crippen LogP contribution in [0, 0.1) is 18.8 Å². The van der Waals surface area contributed by atoms with E-state index in [2.05, 4.69) is 43.3 Å². The number of allylic oxidation sites excluding steroid dienone is 1. The molecule has 2 aliphatic heterocycles. The number of methoxy groups -OCH3 is 1. The monoisotopic (exact) mass is 736 g/mol. The van der Waals surface area contributed by atoms with Crippen molar-refractivity contribution in [2.75, 3.05) is 37.5 Å². The topological polar surface area (TPSA) is 110 Å². The maximum absolute atomic E-state index is 14.3. The third-order valence-electron chi connectivity index (χ3n) is 11.0. The Hall–Kier alpha value is -3.25. The second kappa shape index (κ2) is 14.8. The molecule has 50 heavy (non-hydrogen) atoms. The number of halogens is 1. The number of nitrogens with one attached hydrogen (secondary N) is 1. The van der Waals surface area contributed by atoms with Gasteiger partial charge in [-0.1, -0.05) is 29.8 Å². The lowest BCUT2D eigenvalue weighted by Crippen LogP contribution is -2.49. The number of rotatable bonds is 5. The highest BCUT2D eigenvalue weighted by atomic mass is 35.5. The van der Waals surface area contributed by atoms with E-state index in [-0.39, 0.29) is 23.7 Å². The van der Waals surface area contributed by atoms with Crippen LogP contribution in [0.15, 0.2) is 58.4 Å². The summed E-state index contributed by atoms with van der Waals surface area (Å²) in [6.07, 6.45) is 11.0. The molecule has 0 radical (unpaired) electrons. The van der Waals surface area contributed by atoms with Crippen LogP contribution < -0.4 is 14.4 Å². The van der Waals surface area contributed by atoms with Crippen molar-refractivity contribution in [1.29, 1.82) is 0 Å². The molecule has 0 saturated heterocycles. The number of amides is 2. The Morgan fingerprint density at radius 1 is 1.22 bits per heavy atom. The predicted molar refractivity (Wildman–Crippen MR) is 199 cm³/mol. The summed E-state index contributed by atoms with van der Waals surface area (Å²) in [5.41, 5.74) is 6.05. The zero-order valence-electron chi connectivity index (χ0n) is 28.7. The molecule has 1 fully saturated rings. The van der Waals surface area contributed by atoms with Crippen LogP contribution in [0.1, 0.15) is 77.0 Å². The first kappa shape index (κ1) is 35.2. The van der Waals surface area contributed by atoms with Crippen molar-refractivity contribution in [1.82, 2.24) is 9.71 Å². The lowest BCUT2D eigenvalue weighted by molar-refractivity contribution is -0.119. The summed E-state index contributed by atoms with van der Waals surface area (Å²) in [7, 11) is -1.64. The third-order valence-corrected chi connectivity index (χ3v) is 13.8. The normalized spacial score (nSPS) is 28.7. The van der Waals surface area contributed by atoms with E-state index in [1.807, 2.05) is 25.1 Å². The van der Waals surface area contributed by atoms with Gasteiger partial charge in [0.25, 0.3) is 5.91 Å². The Bertz CT molecular complexity index is 1920. The number of ether oxygens (including phenoxy) is 2. The Balaban J connectivity index is 1.24. The number of hydrogen-bond acceptors (Lipinski definition) is 8. The van der Waals surface area contributed by atoms with Crippen LogP contribution in [0.5, 0.6) is 5.75 Å². The fourth-order valence-corrected chi connectivity index (χ4v) is 10.6. The zero-order valence-corrected chi connectivity index (χ0v) is 31.1. The van der Waals surface area contributed by atoms with Crippen LogP contribution in [-0.4, -0.2) is 59.7 Å². The molecule has 9 nitrogen and oxygen atoms in total. The van der Waals surface area contributed by atoms with Gasteiger partial charge in [-0.15, -0.1) is 15.7 Å². The molecule has 3 heterocycles. The number of carbonyl (C=O) groups excluding carboxylic acids is 2. The number of carbonyl (C=O) groups is 2. The van der Waals surface area contributed by atoms with E-state index >= 15 is 0 Å². The fourth-order valence-electron chi connectivity index (χ4n) is 8.14. The maximum atomic E-state index is 14.3. The van der Waals surface area contributed by atoms with Crippen LogP contribution >= 0.6 is 22.9 Å². The highest BCUT2D eigenvalue weighted by Gasteiger charge is 2.44. The van der Waals surface area contributed by atoms with E-state index in [9.17, 15) is 13.8 Å². The molecule has 266 valence electrons. The summed E-state index contributed by atoms with van der Waals surface area (Å²) in [5.74, 6) is 0.495. The zero-order chi connectivity index (χ0) is 34.9. The van der Waals surface area contributed by atoms with Crippen LogP contribution in [-0.2, 0) is 37.7 Å². The summed E-state index contributed by atoms with van der Waals surface area (Å²) >= 11 is 7.97. The molecule has 4 aliphatic rings. The largest absolute Gasteiger partial charge is 0.490 e. The number of thiazole rings is 1. The first-order chi connectivity index (χ1) is 24.1. The highest BCUT2D eigenvalue weighted by Crippen LogP contribution is 2.47. The standard InChI is InChI=1S/C38H45ClN4O5S2/c1-25-32(40-24-49-25)14-16-36(44)41-50(46)18-5-3-4-8-34(47-2)30-12-9-28(30)21-43-22-38(17-6-7-26-19-29(39)11-13-31(26)38)23-48-35-15-10-27(20-33(35)43)37(45)42-50/h4,8,10-11,13,15,19-20,24,28,30,34H,3,5-7,9,12,14,16-18,21-23H2,1-2H3,(H,41,42,44,45,46)/b8-4+/t28-,30+,34-,38-,50+/m0/s1. The van der Waals surface area contributed by atoms with Crippen LogP contribution in [0.25, 0.3) is 0 Å². The molecule has 1 aromatic heterocycles. The summed E-state index contributed by atoms with van der Waals surface area (Å²) in [6, 6.07) is 11.6. The number of anilines is 1. The molecule has 2 amide bonds. The third kappa shape index (κ3) is 7.38. The molecule has 7 rings (SSSR count). The average Bonchev–Trinajstić information content (AvgIpc) is 3.43. The van der Waals surface area contributed by atoms with Gasteiger partial charge in [0.05, 0.1) is 35.4 Å². The Morgan fingerprint density at radius 3 is 2.88 bits per heavy atom. The number of hydrogen-bond donors (Lipinski definition) is 1. The first-order valence-electron chi connectivity index (χ1n) is 17.6. The lowest BCUT2D eigenvalue weighted by atomic mass is 9.68. The van der Waals surface area contributed by atoms with Gasteiger partial charge in [0.2, 0.25) is 5.91 Å². The first-order valence-corrected chi connectivity index (χ1v) is 20.6. The van der Waals surface area contributed by atoms with Crippen molar-refractivity contribution in [3.63, 3.8) is 0 Å². The predicted octanol–water partition coefficient (Wildman–Crippen LogP) is 7.24. The summed E-state index contributed by atoms with van der Waals surface area (Å²) in [6.45, 7) is 4.00. The molecular weight excluding hydrogens is 692 g/mol. The Kier molecular flexibility index (Phi) is 10.4. The van der Waals surface area contributed by atoms with Gasteiger partial charge in [0.1, 0.15) is 15.7 Å². The van der Waals surface area contributed by atoms with Crippen LogP contribution in [0.2, 0.25) is 5.02 Å². The summed E-state index contributed by atoms with van der Waals surface area (Å²) < 4.78 is 33.8. The molecule has 2 bridgehead atoms. The van der Waals surface area contributed by atoms with Crippen molar-refractivity contribution >= 4 is 50.4 Å². The van der Waals surface area contributed by atoms with E-state index in [0.29, 0.717) is 49.0 Å². The fraction of sp³-hybridized carbons (Fsp3) is 0.500. The van der Waals surface area contributed by atoms with Crippen molar-refractivity contribution in [2.45, 2.75) is 76.2 Å². The second-order valence-corrected chi connectivity index (χ2v) is 17.8. The molecule has 1 saturated carbocycles. The minimum absolute atomic E-state index is 0.0355. The Labute approximate surface area is 304 Å². The molecule has 12 heteroatoms. The van der Waals surface area contributed by atoms with Gasteiger partial charge in [0, 0.05) is 47.5 Å². The number of fused-ring (bicyclic) bond motifs is 4. The van der Waals surface area contributed by atoms with Gasteiger partial charge < -0.3 is 14.4 Å². The quantitative estimate of drug-likeness (QED) is 0.275. The minimum Gasteiger partial charge on any atom is -0.490 e. The smallest absolute Gasteiger partial charge is 0.286 e. The van der Waals surface area contributed by atoms with Gasteiger partial charge in [0.15, 0.2) is 0 Å². The molecule has 0 unspecified atom stereocenters. The van der Waals surface area contributed by atoms with E-state index in [0.717, 1.165) is 66.5 Å². The molecule has 5 atom stereocenters. The van der Waals surface area contributed by atoms with Crippen molar-refractivity contribution in [2.24, 2.45) is 16.2 Å². The van der Waals surface area contributed by atoms with Crippen molar-refractivity contribution in [3.8, 4) is 5.75 Å². The second-order valence-electron chi connectivity index (χ2n) is 14.2. The molecule has 2 aliphatic carbocycles. The maximum Gasteiger partial charge on any atom is 0.286 e. The van der Waals surface area contributed by atoms with Gasteiger partial charge in [-0.05, 0) is 112 Å². The van der Waals surface area contributed by atoms with Crippen LogP contribution in [0.3, 0.4) is 0 Å². The van der Waals surface area contributed by atoms with Crippen LogP contribution in [0.4, 0.5) is 5.69 Å². The molecular formula is C38H45ClN4O5S2. The molecule has 1 N–H and O–H groups in total. The number of aryl methyl sites for hydroxylation is 3. The van der Waals surface area contributed by atoms with Gasteiger partial charge >= 0.3 is 0 Å². The van der Waals surface area contributed by atoms with Gasteiger partial charge in [-0.25, -0.2) is 9.19 Å². The van der Waals surface area contributed by atoms with Crippen molar-refractivity contribution < 1.29 is 23.3 Å².